The van der Waals surface area contributed by atoms with Crippen LogP contribution >= 0.6 is 0 Å². The molecule has 1 heterocycles. The maximum absolute atomic E-state index is 12.9. The van der Waals surface area contributed by atoms with E-state index in [2.05, 4.69) is 5.32 Å². The molecule has 64 valence electrons. The highest BCUT2D eigenvalue weighted by molar-refractivity contribution is 4.84. The van der Waals surface area contributed by atoms with E-state index in [-0.39, 0.29) is 12.6 Å². The van der Waals surface area contributed by atoms with Gasteiger partial charge in [-0.05, 0) is 25.3 Å². The molecule has 0 aromatic heterocycles. The normalized spacial score (nSPS) is 37.9. The van der Waals surface area contributed by atoms with Gasteiger partial charge in [0.2, 0.25) is 0 Å². The molecule has 1 saturated heterocycles. The van der Waals surface area contributed by atoms with Gasteiger partial charge in [0.25, 0.3) is 0 Å². The Kier molecular flexibility index (Phi) is 2.09. The van der Waals surface area contributed by atoms with Crippen LogP contribution in [0.3, 0.4) is 0 Å². The molecule has 2 unspecified atom stereocenters. The summed E-state index contributed by atoms with van der Waals surface area (Å²) in [6, 6.07) is -0.0319. The van der Waals surface area contributed by atoms with Crippen LogP contribution in [0.15, 0.2) is 0 Å². The van der Waals surface area contributed by atoms with Gasteiger partial charge in [0.15, 0.2) is 0 Å². The van der Waals surface area contributed by atoms with Crippen LogP contribution in [-0.2, 0) is 4.74 Å². The highest BCUT2D eigenvalue weighted by Crippen LogP contribution is 2.28. The zero-order valence-electron chi connectivity index (χ0n) is 6.55. The fourth-order valence-corrected chi connectivity index (χ4v) is 1.35. The third-order valence-corrected chi connectivity index (χ3v) is 2.38. The number of rotatable bonds is 3. The lowest BCUT2D eigenvalue weighted by Gasteiger charge is -2.11. The monoisotopic (exact) mass is 159 g/mol. The van der Waals surface area contributed by atoms with Crippen molar-refractivity contribution in [2.45, 2.75) is 25.1 Å². The second kappa shape index (κ2) is 3.07. The Morgan fingerprint density at radius 3 is 2.73 bits per heavy atom. The lowest BCUT2D eigenvalue weighted by molar-refractivity contribution is 0.172. The molecule has 2 atom stereocenters. The number of hydrogen-bond acceptors (Lipinski definition) is 2. The Balaban J connectivity index is 1.67. The summed E-state index contributed by atoms with van der Waals surface area (Å²) >= 11 is 0. The van der Waals surface area contributed by atoms with Crippen LogP contribution < -0.4 is 5.32 Å². The highest BCUT2D eigenvalue weighted by Gasteiger charge is 2.29. The molecule has 2 fully saturated rings. The average molecular weight is 159 g/mol. The van der Waals surface area contributed by atoms with E-state index in [0.717, 1.165) is 12.5 Å². The molecular weight excluding hydrogens is 145 g/mol. The minimum Gasteiger partial charge on any atom is -0.377 e. The van der Waals surface area contributed by atoms with Gasteiger partial charge in [-0.2, -0.15) is 0 Å². The Hall–Kier alpha value is -0.150. The van der Waals surface area contributed by atoms with Crippen molar-refractivity contribution in [1.29, 1.82) is 0 Å². The van der Waals surface area contributed by atoms with Crippen LogP contribution in [0.25, 0.3) is 0 Å². The smallest absolute Gasteiger partial charge is 0.141 e. The lowest BCUT2D eigenvalue weighted by Crippen LogP contribution is -2.37. The van der Waals surface area contributed by atoms with Crippen molar-refractivity contribution in [3.05, 3.63) is 0 Å². The van der Waals surface area contributed by atoms with Gasteiger partial charge in [-0.25, -0.2) is 4.39 Å². The van der Waals surface area contributed by atoms with E-state index < -0.39 is 6.17 Å². The van der Waals surface area contributed by atoms with Gasteiger partial charge >= 0.3 is 0 Å². The van der Waals surface area contributed by atoms with E-state index in [9.17, 15) is 4.39 Å². The first-order valence-corrected chi connectivity index (χ1v) is 4.31. The number of nitrogens with one attached hydrogen (secondary N) is 1. The van der Waals surface area contributed by atoms with Gasteiger partial charge in [-0.3, -0.25) is 0 Å². The van der Waals surface area contributed by atoms with Crippen LogP contribution in [0.4, 0.5) is 4.39 Å². The quantitative estimate of drug-likeness (QED) is 0.655. The van der Waals surface area contributed by atoms with Crippen molar-refractivity contribution in [3.63, 3.8) is 0 Å². The summed E-state index contributed by atoms with van der Waals surface area (Å²) in [5.74, 6) is 0.822. The standard InChI is InChI=1S/C8H14FNO/c9-7-4-11-5-8(7)10-3-6-1-2-6/h6-8,10H,1-5H2. The molecule has 0 bridgehead atoms. The number of halogens is 1. The predicted octanol–water partition coefficient (Wildman–Crippen LogP) is 0.723. The first-order chi connectivity index (χ1) is 5.36. The summed E-state index contributed by atoms with van der Waals surface area (Å²) in [4.78, 5) is 0. The summed E-state index contributed by atoms with van der Waals surface area (Å²) in [7, 11) is 0. The molecule has 2 aliphatic rings. The first-order valence-electron chi connectivity index (χ1n) is 4.31. The van der Waals surface area contributed by atoms with Crippen molar-refractivity contribution >= 4 is 0 Å². The molecule has 11 heavy (non-hydrogen) atoms. The Bertz CT molecular complexity index is 138. The Morgan fingerprint density at radius 2 is 2.18 bits per heavy atom. The van der Waals surface area contributed by atoms with Gasteiger partial charge in [0.05, 0.1) is 19.3 Å². The van der Waals surface area contributed by atoms with E-state index in [1.165, 1.54) is 12.8 Å². The van der Waals surface area contributed by atoms with Gasteiger partial charge in [0, 0.05) is 0 Å². The van der Waals surface area contributed by atoms with Crippen LogP contribution in [0, 0.1) is 5.92 Å². The molecule has 3 heteroatoms. The average Bonchev–Trinajstić information content (AvgIpc) is 2.73. The Labute approximate surface area is 66.1 Å². The summed E-state index contributed by atoms with van der Waals surface area (Å²) in [5.41, 5.74) is 0. The largest absolute Gasteiger partial charge is 0.377 e. The van der Waals surface area contributed by atoms with Crippen molar-refractivity contribution < 1.29 is 9.13 Å². The topological polar surface area (TPSA) is 21.3 Å². The fourth-order valence-electron chi connectivity index (χ4n) is 1.35. The van der Waals surface area contributed by atoms with Gasteiger partial charge in [-0.15, -0.1) is 0 Å². The minimum absolute atomic E-state index is 0.0319. The van der Waals surface area contributed by atoms with E-state index in [1.54, 1.807) is 0 Å². The molecule has 1 aliphatic carbocycles. The van der Waals surface area contributed by atoms with Crippen molar-refractivity contribution in [3.8, 4) is 0 Å². The SMILES string of the molecule is FC1COCC1NCC1CC1. The maximum atomic E-state index is 12.9. The number of alkyl halides is 1. The molecule has 0 aromatic carbocycles. The summed E-state index contributed by atoms with van der Waals surface area (Å²) in [5, 5.41) is 3.19. The van der Waals surface area contributed by atoms with Gasteiger partial charge in [-0.1, -0.05) is 0 Å². The zero-order chi connectivity index (χ0) is 7.68. The van der Waals surface area contributed by atoms with E-state index >= 15 is 0 Å². The highest BCUT2D eigenvalue weighted by atomic mass is 19.1. The minimum atomic E-state index is -0.784. The molecule has 0 spiro atoms. The molecule has 2 nitrogen and oxygen atoms in total. The van der Waals surface area contributed by atoms with Crippen molar-refractivity contribution in [1.82, 2.24) is 5.32 Å². The second-order valence-electron chi connectivity index (χ2n) is 3.51. The van der Waals surface area contributed by atoms with E-state index in [0.29, 0.717) is 6.61 Å². The van der Waals surface area contributed by atoms with Crippen LogP contribution in [-0.4, -0.2) is 32.0 Å². The van der Waals surface area contributed by atoms with Gasteiger partial charge in [0.1, 0.15) is 6.17 Å². The van der Waals surface area contributed by atoms with Crippen LogP contribution in [0.2, 0.25) is 0 Å². The third kappa shape index (κ3) is 1.91. The Morgan fingerprint density at radius 1 is 1.36 bits per heavy atom. The fraction of sp³-hybridized carbons (Fsp3) is 1.00. The lowest BCUT2D eigenvalue weighted by atomic mass is 10.2. The summed E-state index contributed by atoms with van der Waals surface area (Å²) < 4.78 is 17.9. The molecular formula is C8H14FNO. The molecule has 0 radical (unpaired) electrons. The number of hydrogen-bond donors (Lipinski definition) is 1. The van der Waals surface area contributed by atoms with E-state index in [1.807, 2.05) is 0 Å². The second-order valence-corrected chi connectivity index (χ2v) is 3.51. The molecule has 0 amide bonds. The molecule has 0 aromatic rings. The van der Waals surface area contributed by atoms with Gasteiger partial charge < -0.3 is 10.1 Å². The maximum Gasteiger partial charge on any atom is 0.141 e. The molecule has 2 rings (SSSR count). The first kappa shape index (κ1) is 7.50. The van der Waals surface area contributed by atoms with E-state index in [4.69, 9.17) is 4.74 Å². The zero-order valence-corrected chi connectivity index (χ0v) is 6.55. The molecule has 1 saturated carbocycles. The predicted molar refractivity (Wildman–Crippen MR) is 40.2 cm³/mol. The van der Waals surface area contributed by atoms with Crippen molar-refractivity contribution in [2.75, 3.05) is 19.8 Å². The number of ether oxygens (including phenoxy) is 1. The molecule has 1 aliphatic heterocycles. The van der Waals surface area contributed by atoms with Crippen LogP contribution in [0.5, 0.6) is 0 Å². The third-order valence-electron chi connectivity index (χ3n) is 2.38. The molecule has 1 N–H and O–H groups in total. The summed E-state index contributed by atoms with van der Waals surface area (Å²) in [6.07, 6.45) is 1.85. The summed E-state index contributed by atoms with van der Waals surface area (Å²) in [6.45, 7) is 1.81. The van der Waals surface area contributed by atoms with Crippen LogP contribution in [0.1, 0.15) is 12.8 Å². The van der Waals surface area contributed by atoms with Crippen molar-refractivity contribution in [2.24, 2.45) is 5.92 Å².